The predicted molar refractivity (Wildman–Crippen MR) is 107 cm³/mol. The molecule has 3 N–H and O–H groups in total. The molecule has 1 aliphatic carbocycles. The highest BCUT2D eigenvalue weighted by molar-refractivity contribution is 14.0. The minimum atomic E-state index is -0.123. The number of nitrogens with zero attached hydrogens (tertiary/aromatic N) is 2. The van der Waals surface area contributed by atoms with E-state index in [1.165, 1.54) is 5.56 Å². The molecule has 1 heterocycles. The molecule has 0 radical (unpaired) electrons. The van der Waals surface area contributed by atoms with E-state index in [1.54, 1.807) is 0 Å². The van der Waals surface area contributed by atoms with Gasteiger partial charge in [0.15, 0.2) is 5.96 Å². The Labute approximate surface area is 161 Å². The second-order valence-electron chi connectivity index (χ2n) is 6.32. The van der Waals surface area contributed by atoms with Crippen molar-refractivity contribution in [3.63, 3.8) is 0 Å². The van der Waals surface area contributed by atoms with Crippen LogP contribution in [0.2, 0.25) is 0 Å². The standard InChI is InChI=1S/C17H30N4O2.HI/c1-4-18-17(20-14-7-9-15(22)10-8-14)19-11-5-6-16-12(2)21-23-13(16)3;/h14-15,22H,4-11H2,1-3H3,(H2,18,19,20);1H. The van der Waals surface area contributed by atoms with Crippen LogP contribution >= 0.6 is 24.0 Å². The first kappa shape index (κ1) is 21.2. The van der Waals surface area contributed by atoms with E-state index in [9.17, 15) is 5.11 Å². The summed E-state index contributed by atoms with van der Waals surface area (Å²) in [6.07, 6.45) is 5.56. The van der Waals surface area contributed by atoms with Crippen LogP contribution in [-0.4, -0.2) is 41.5 Å². The molecule has 6 nitrogen and oxygen atoms in total. The largest absolute Gasteiger partial charge is 0.393 e. The van der Waals surface area contributed by atoms with Gasteiger partial charge in [-0.3, -0.25) is 4.99 Å². The van der Waals surface area contributed by atoms with Crippen LogP contribution in [0.4, 0.5) is 0 Å². The second kappa shape index (κ2) is 10.9. The number of guanidine groups is 1. The molecular weight excluding hydrogens is 419 g/mol. The summed E-state index contributed by atoms with van der Waals surface area (Å²) in [6.45, 7) is 7.64. The molecule has 0 atom stereocenters. The lowest BCUT2D eigenvalue weighted by Crippen LogP contribution is -2.45. The summed E-state index contributed by atoms with van der Waals surface area (Å²) in [5.74, 6) is 1.80. The molecule has 1 fully saturated rings. The summed E-state index contributed by atoms with van der Waals surface area (Å²) >= 11 is 0. The fourth-order valence-corrected chi connectivity index (χ4v) is 3.04. The van der Waals surface area contributed by atoms with Crippen LogP contribution in [0.5, 0.6) is 0 Å². The summed E-state index contributed by atoms with van der Waals surface area (Å²) < 4.78 is 5.19. The van der Waals surface area contributed by atoms with E-state index < -0.39 is 0 Å². The Kier molecular flexibility index (Phi) is 9.65. The zero-order chi connectivity index (χ0) is 16.7. The molecule has 1 saturated carbocycles. The molecule has 2 rings (SSSR count). The molecule has 0 aromatic carbocycles. The highest BCUT2D eigenvalue weighted by Crippen LogP contribution is 2.18. The molecular formula is C17H31IN4O2. The molecule has 0 bridgehead atoms. The quantitative estimate of drug-likeness (QED) is 0.269. The average molecular weight is 450 g/mol. The van der Waals surface area contributed by atoms with E-state index in [0.29, 0.717) is 6.04 Å². The van der Waals surface area contributed by atoms with Crippen LogP contribution in [0, 0.1) is 13.8 Å². The summed E-state index contributed by atoms with van der Waals surface area (Å²) in [7, 11) is 0. The van der Waals surface area contributed by atoms with Crippen molar-refractivity contribution in [3.05, 3.63) is 17.0 Å². The predicted octanol–water partition coefficient (Wildman–Crippen LogP) is 2.70. The lowest BCUT2D eigenvalue weighted by molar-refractivity contribution is 0.120. The van der Waals surface area contributed by atoms with Gasteiger partial charge >= 0.3 is 0 Å². The first-order valence-corrected chi connectivity index (χ1v) is 8.74. The Morgan fingerprint density at radius 1 is 1.29 bits per heavy atom. The molecule has 0 saturated heterocycles. The van der Waals surface area contributed by atoms with Gasteiger partial charge in [0.2, 0.25) is 0 Å². The molecule has 0 aliphatic heterocycles. The van der Waals surface area contributed by atoms with Crippen LogP contribution in [-0.2, 0) is 6.42 Å². The number of halogens is 1. The average Bonchev–Trinajstić information content (AvgIpc) is 2.85. The fourth-order valence-electron chi connectivity index (χ4n) is 3.04. The second-order valence-corrected chi connectivity index (χ2v) is 6.32. The van der Waals surface area contributed by atoms with Gasteiger partial charge in [-0.25, -0.2) is 0 Å². The Morgan fingerprint density at radius 3 is 2.58 bits per heavy atom. The lowest BCUT2D eigenvalue weighted by atomic mass is 9.93. The van der Waals surface area contributed by atoms with Gasteiger partial charge in [-0.1, -0.05) is 5.16 Å². The van der Waals surface area contributed by atoms with Gasteiger partial charge in [0.25, 0.3) is 0 Å². The van der Waals surface area contributed by atoms with Crippen LogP contribution in [0.15, 0.2) is 9.52 Å². The van der Waals surface area contributed by atoms with Crippen molar-refractivity contribution in [2.45, 2.75) is 71.4 Å². The summed E-state index contributed by atoms with van der Waals surface area (Å²) in [6, 6.07) is 0.416. The molecule has 0 unspecified atom stereocenters. The molecule has 1 aromatic heterocycles. The van der Waals surface area contributed by atoms with Gasteiger partial charge in [0.05, 0.1) is 11.8 Å². The number of aliphatic hydroxyl groups is 1. The number of aryl methyl sites for hydroxylation is 2. The monoisotopic (exact) mass is 450 g/mol. The van der Waals surface area contributed by atoms with Crippen molar-refractivity contribution < 1.29 is 9.63 Å². The van der Waals surface area contributed by atoms with Gasteiger partial charge in [0, 0.05) is 24.7 Å². The third-order valence-corrected chi connectivity index (χ3v) is 4.42. The number of nitrogens with one attached hydrogen (secondary N) is 2. The maximum absolute atomic E-state index is 9.59. The van der Waals surface area contributed by atoms with Gasteiger partial charge in [0.1, 0.15) is 5.76 Å². The zero-order valence-electron chi connectivity index (χ0n) is 15.0. The van der Waals surface area contributed by atoms with Crippen molar-refractivity contribution in [3.8, 4) is 0 Å². The van der Waals surface area contributed by atoms with Gasteiger partial charge in [-0.15, -0.1) is 24.0 Å². The van der Waals surface area contributed by atoms with Gasteiger partial charge in [-0.2, -0.15) is 0 Å². The molecule has 138 valence electrons. The normalized spacial score (nSPS) is 21.2. The van der Waals surface area contributed by atoms with E-state index in [4.69, 9.17) is 4.52 Å². The number of rotatable bonds is 6. The maximum Gasteiger partial charge on any atom is 0.191 e. The third-order valence-electron chi connectivity index (χ3n) is 4.42. The van der Waals surface area contributed by atoms with E-state index >= 15 is 0 Å². The molecule has 0 spiro atoms. The van der Waals surface area contributed by atoms with E-state index in [0.717, 1.165) is 69.0 Å². The van der Waals surface area contributed by atoms with Gasteiger partial charge < -0.3 is 20.3 Å². The van der Waals surface area contributed by atoms with Crippen LogP contribution in [0.1, 0.15) is 56.0 Å². The molecule has 1 aliphatic rings. The number of aromatic nitrogens is 1. The van der Waals surface area contributed by atoms with Gasteiger partial charge in [-0.05, 0) is 59.3 Å². The maximum atomic E-state index is 9.59. The van der Waals surface area contributed by atoms with Crippen molar-refractivity contribution in [1.29, 1.82) is 0 Å². The SMILES string of the molecule is CCNC(=NCCCc1c(C)noc1C)NC1CCC(O)CC1.I. The third kappa shape index (κ3) is 6.58. The Morgan fingerprint density at radius 2 is 2.00 bits per heavy atom. The zero-order valence-corrected chi connectivity index (χ0v) is 17.3. The summed E-state index contributed by atoms with van der Waals surface area (Å²) in [4.78, 5) is 4.67. The van der Waals surface area contributed by atoms with E-state index in [-0.39, 0.29) is 30.1 Å². The molecule has 1 aromatic rings. The van der Waals surface area contributed by atoms with Crippen LogP contribution in [0.3, 0.4) is 0 Å². The minimum Gasteiger partial charge on any atom is -0.393 e. The highest BCUT2D eigenvalue weighted by Gasteiger charge is 2.19. The Bertz CT molecular complexity index is 491. The molecule has 7 heteroatoms. The number of hydrogen-bond acceptors (Lipinski definition) is 4. The first-order chi connectivity index (χ1) is 11.1. The topological polar surface area (TPSA) is 82.7 Å². The summed E-state index contributed by atoms with van der Waals surface area (Å²) in [5, 5.41) is 20.4. The van der Waals surface area contributed by atoms with Crippen molar-refractivity contribution >= 4 is 29.9 Å². The number of aliphatic hydroxyl groups excluding tert-OH is 1. The summed E-state index contributed by atoms with van der Waals surface area (Å²) in [5.41, 5.74) is 2.19. The van der Waals surface area contributed by atoms with E-state index in [1.807, 2.05) is 13.8 Å². The Hall–Kier alpha value is -0.830. The van der Waals surface area contributed by atoms with Crippen molar-refractivity contribution in [2.24, 2.45) is 4.99 Å². The smallest absolute Gasteiger partial charge is 0.191 e. The van der Waals surface area contributed by atoms with Crippen molar-refractivity contribution in [1.82, 2.24) is 15.8 Å². The first-order valence-electron chi connectivity index (χ1n) is 8.74. The number of hydrogen-bond donors (Lipinski definition) is 3. The van der Waals surface area contributed by atoms with Crippen molar-refractivity contribution in [2.75, 3.05) is 13.1 Å². The van der Waals surface area contributed by atoms with Crippen LogP contribution < -0.4 is 10.6 Å². The highest BCUT2D eigenvalue weighted by atomic mass is 127. The molecule has 24 heavy (non-hydrogen) atoms. The number of aliphatic imine (C=N–C) groups is 1. The fraction of sp³-hybridized carbons (Fsp3) is 0.765. The Balaban J connectivity index is 0.00000288. The molecule has 0 amide bonds. The lowest BCUT2D eigenvalue weighted by Gasteiger charge is -2.27. The van der Waals surface area contributed by atoms with Crippen LogP contribution in [0.25, 0.3) is 0 Å². The van der Waals surface area contributed by atoms with E-state index in [2.05, 4.69) is 27.7 Å². The minimum absolute atomic E-state index is 0.